The lowest BCUT2D eigenvalue weighted by molar-refractivity contribution is 0.0627. The Labute approximate surface area is 159 Å². The fraction of sp³-hybridized carbons (Fsp3) is 0.400. The summed E-state index contributed by atoms with van der Waals surface area (Å²) < 4.78 is 16.3. The number of piperazine rings is 1. The molecule has 1 aromatic carbocycles. The van der Waals surface area contributed by atoms with Crippen molar-refractivity contribution in [1.82, 2.24) is 14.8 Å². The summed E-state index contributed by atoms with van der Waals surface area (Å²) in [5, 5.41) is 0. The molecule has 27 heavy (non-hydrogen) atoms. The number of methoxy groups -OCH3 is 3. The predicted octanol–water partition coefficient (Wildman–Crippen LogP) is 2.07. The lowest BCUT2D eigenvalue weighted by atomic mass is 10.1. The van der Waals surface area contributed by atoms with E-state index in [1.165, 1.54) is 0 Å². The molecule has 0 atom stereocenters. The number of carbonyl (C=O) groups excluding carboxylic acids is 1. The van der Waals surface area contributed by atoms with Gasteiger partial charge < -0.3 is 19.1 Å². The van der Waals surface area contributed by atoms with E-state index in [2.05, 4.69) is 9.88 Å². The zero-order valence-corrected chi connectivity index (χ0v) is 16.0. The molecular formula is C20H25N3O4. The molecule has 2 heterocycles. The van der Waals surface area contributed by atoms with Crippen LogP contribution in [0.5, 0.6) is 17.2 Å². The fourth-order valence-electron chi connectivity index (χ4n) is 3.24. The minimum atomic E-state index is 0.0562. The first-order valence-electron chi connectivity index (χ1n) is 8.86. The maximum atomic E-state index is 12.5. The van der Waals surface area contributed by atoms with Crippen molar-refractivity contribution in [2.45, 2.75) is 6.54 Å². The van der Waals surface area contributed by atoms with Gasteiger partial charge in [0.2, 0.25) is 0 Å². The van der Waals surface area contributed by atoms with Gasteiger partial charge in [-0.15, -0.1) is 0 Å². The number of hydrogen-bond acceptors (Lipinski definition) is 6. The van der Waals surface area contributed by atoms with Crippen LogP contribution in [0.4, 0.5) is 0 Å². The Morgan fingerprint density at radius 2 is 1.52 bits per heavy atom. The molecule has 0 bridgehead atoms. The van der Waals surface area contributed by atoms with Crippen LogP contribution in [0.2, 0.25) is 0 Å². The normalized spacial score (nSPS) is 14.7. The molecule has 1 saturated heterocycles. The molecule has 2 aromatic rings. The second-order valence-corrected chi connectivity index (χ2v) is 6.32. The van der Waals surface area contributed by atoms with Gasteiger partial charge in [-0.1, -0.05) is 0 Å². The highest BCUT2D eigenvalue weighted by atomic mass is 16.5. The number of aromatic nitrogens is 1. The Hall–Kier alpha value is -2.80. The van der Waals surface area contributed by atoms with E-state index in [1.54, 1.807) is 45.9 Å². The minimum Gasteiger partial charge on any atom is -0.496 e. The second kappa shape index (κ2) is 8.73. The van der Waals surface area contributed by atoms with Gasteiger partial charge in [0.15, 0.2) is 11.5 Å². The third-order valence-corrected chi connectivity index (χ3v) is 4.77. The van der Waals surface area contributed by atoms with E-state index < -0.39 is 0 Å². The summed E-state index contributed by atoms with van der Waals surface area (Å²) in [6, 6.07) is 7.30. The number of hydrogen-bond donors (Lipinski definition) is 0. The topological polar surface area (TPSA) is 64.1 Å². The van der Waals surface area contributed by atoms with Crippen LogP contribution in [0.1, 0.15) is 15.9 Å². The van der Waals surface area contributed by atoms with Crippen LogP contribution in [0.25, 0.3) is 0 Å². The van der Waals surface area contributed by atoms with Crippen LogP contribution in [0.3, 0.4) is 0 Å². The molecule has 1 aliphatic heterocycles. The van der Waals surface area contributed by atoms with Crippen molar-refractivity contribution in [3.8, 4) is 17.2 Å². The summed E-state index contributed by atoms with van der Waals surface area (Å²) >= 11 is 0. The molecule has 144 valence electrons. The molecule has 1 aromatic heterocycles. The van der Waals surface area contributed by atoms with E-state index in [1.807, 2.05) is 17.0 Å². The SMILES string of the molecule is COc1cc(OC)c(OC)cc1CN1CCN(C(=O)c2ccncc2)CC1. The molecule has 1 aliphatic rings. The van der Waals surface area contributed by atoms with Crippen molar-refractivity contribution in [3.05, 3.63) is 47.8 Å². The fourth-order valence-corrected chi connectivity index (χ4v) is 3.24. The number of pyridine rings is 1. The number of nitrogens with zero attached hydrogens (tertiary/aromatic N) is 3. The van der Waals surface area contributed by atoms with E-state index in [0.29, 0.717) is 30.2 Å². The Morgan fingerprint density at radius 3 is 2.11 bits per heavy atom. The quantitative estimate of drug-likeness (QED) is 0.775. The summed E-state index contributed by atoms with van der Waals surface area (Å²) in [6.45, 7) is 3.71. The zero-order valence-electron chi connectivity index (χ0n) is 16.0. The van der Waals surface area contributed by atoms with Crippen molar-refractivity contribution in [2.75, 3.05) is 47.5 Å². The number of carbonyl (C=O) groups is 1. The number of amides is 1. The van der Waals surface area contributed by atoms with Gasteiger partial charge in [0.1, 0.15) is 5.75 Å². The van der Waals surface area contributed by atoms with Gasteiger partial charge in [-0.25, -0.2) is 0 Å². The third kappa shape index (κ3) is 4.31. The summed E-state index contributed by atoms with van der Waals surface area (Å²) in [5.74, 6) is 2.15. The number of ether oxygens (including phenoxy) is 3. The van der Waals surface area contributed by atoms with Crippen LogP contribution in [0, 0.1) is 0 Å². The van der Waals surface area contributed by atoms with Gasteiger partial charge in [0, 0.05) is 62.3 Å². The lowest BCUT2D eigenvalue weighted by Gasteiger charge is -2.35. The van der Waals surface area contributed by atoms with Gasteiger partial charge in [-0.3, -0.25) is 14.7 Å². The van der Waals surface area contributed by atoms with Crippen molar-refractivity contribution in [1.29, 1.82) is 0 Å². The second-order valence-electron chi connectivity index (χ2n) is 6.32. The van der Waals surface area contributed by atoms with Crippen LogP contribution in [-0.2, 0) is 6.54 Å². The van der Waals surface area contributed by atoms with Crippen LogP contribution in [0.15, 0.2) is 36.7 Å². The highest BCUT2D eigenvalue weighted by Gasteiger charge is 2.23. The van der Waals surface area contributed by atoms with E-state index in [0.717, 1.165) is 30.9 Å². The smallest absolute Gasteiger partial charge is 0.254 e. The molecule has 0 unspecified atom stereocenters. The summed E-state index contributed by atoms with van der Waals surface area (Å²) in [5.41, 5.74) is 1.71. The molecule has 1 amide bonds. The maximum Gasteiger partial charge on any atom is 0.254 e. The monoisotopic (exact) mass is 371 g/mol. The maximum absolute atomic E-state index is 12.5. The van der Waals surface area contributed by atoms with Crippen LogP contribution >= 0.6 is 0 Å². The number of rotatable bonds is 6. The van der Waals surface area contributed by atoms with E-state index in [9.17, 15) is 4.79 Å². The Kier molecular flexibility index (Phi) is 6.13. The first kappa shape index (κ1) is 19.0. The van der Waals surface area contributed by atoms with Gasteiger partial charge in [-0.2, -0.15) is 0 Å². The van der Waals surface area contributed by atoms with E-state index in [-0.39, 0.29) is 5.91 Å². The van der Waals surface area contributed by atoms with Crippen LogP contribution in [-0.4, -0.2) is 68.2 Å². The van der Waals surface area contributed by atoms with Crippen LogP contribution < -0.4 is 14.2 Å². The summed E-state index contributed by atoms with van der Waals surface area (Å²) in [7, 11) is 4.88. The van der Waals surface area contributed by atoms with Crippen molar-refractivity contribution < 1.29 is 19.0 Å². The van der Waals surface area contributed by atoms with Gasteiger partial charge in [0.25, 0.3) is 5.91 Å². The summed E-state index contributed by atoms with van der Waals surface area (Å²) in [6.07, 6.45) is 3.29. The Morgan fingerprint density at radius 1 is 0.926 bits per heavy atom. The molecule has 3 rings (SSSR count). The standard InChI is InChI=1S/C20H25N3O4/c1-25-17-13-19(27-3)18(26-2)12-16(17)14-22-8-10-23(11-9-22)20(24)15-4-6-21-7-5-15/h4-7,12-13H,8-11,14H2,1-3H3. The largest absolute Gasteiger partial charge is 0.496 e. The lowest BCUT2D eigenvalue weighted by Crippen LogP contribution is -2.48. The average molecular weight is 371 g/mol. The molecule has 7 nitrogen and oxygen atoms in total. The first-order valence-corrected chi connectivity index (χ1v) is 8.86. The van der Waals surface area contributed by atoms with Crippen molar-refractivity contribution in [3.63, 3.8) is 0 Å². The molecule has 0 spiro atoms. The molecule has 1 fully saturated rings. The highest BCUT2D eigenvalue weighted by molar-refractivity contribution is 5.94. The minimum absolute atomic E-state index is 0.0562. The first-order chi connectivity index (χ1) is 13.2. The molecule has 0 aliphatic carbocycles. The van der Waals surface area contributed by atoms with Gasteiger partial charge in [0.05, 0.1) is 21.3 Å². The van der Waals surface area contributed by atoms with E-state index >= 15 is 0 Å². The molecule has 7 heteroatoms. The highest BCUT2D eigenvalue weighted by Crippen LogP contribution is 2.35. The molecule has 0 N–H and O–H groups in total. The Bertz CT molecular complexity index is 774. The predicted molar refractivity (Wildman–Crippen MR) is 102 cm³/mol. The van der Waals surface area contributed by atoms with E-state index in [4.69, 9.17) is 14.2 Å². The molecular weight excluding hydrogens is 346 g/mol. The third-order valence-electron chi connectivity index (χ3n) is 4.77. The zero-order chi connectivity index (χ0) is 19.2. The Balaban J connectivity index is 1.65. The van der Waals surface area contributed by atoms with Crippen molar-refractivity contribution >= 4 is 5.91 Å². The molecule has 0 saturated carbocycles. The number of benzene rings is 1. The van der Waals surface area contributed by atoms with Gasteiger partial charge in [-0.05, 0) is 18.2 Å². The average Bonchev–Trinajstić information content (AvgIpc) is 2.74. The van der Waals surface area contributed by atoms with Crippen molar-refractivity contribution in [2.24, 2.45) is 0 Å². The molecule has 0 radical (unpaired) electrons. The van der Waals surface area contributed by atoms with Gasteiger partial charge >= 0.3 is 0 Å². The summed E-state index contributed by atoms with van der Waals surface area (Å²) in [4.78, 5) is 20.7.